The molecular weight excluding hydrogens is 349 g/mol. The highest BCUT2D eigenvalue weighted by Gasteiger charge is 2.38. The van der Waals surface area contributed by atoms with Crippen LogP contribution in [-0.2, 0) is 4.79 Å². The highest BCUT2D eigenvalue weighted by molar-refractivity contribution is 5.97. The third-order valence-corrected chi connectivity index (χ3v) is 3.75. The Morgan fingerprint density at radius 1 is 1.08 bits per heavy atom. The average molecular weight is 362 g/mol. The Balaban J connectivity index is 1.98. The zero-order chi connectivity index (χ0) is 18.9. The molecule has 3 rings (SSSR count). The molecule has 0 bridgehead atoms. The second-order valence-corrected chi connectivity index (χ2v) is 5.49. The molecular formula is C18H13F3N2O3. The topological polar surface area (TPSA) is 71.2 Å². The fraction of sp³-hybridized carbons (Fsp3) is 0.111. The molecule has 0 radical (unpaired) electrons. The van der Waals surface area contributed by atoms with Crippen molar-refractivity contribution in [3.05, 3.63) is 58.8 Å². The third kappa shape index (κ3) is 3.53. The SMILES string of the molecule is COc1ccc(-c2cc(=O)c3cc(NC(=O)C(F)(F)F)ccc3[nH]2)cc1. The number of aromatic amines is 1. The van der Waals surface area contributed by atoms with E-state index >= 15 is 0 Å². The Bertz CT molecular complexity index is 1020. The van der Waals surface area contributed by atoms with Gasteiger partial charge in [0.25, 0.3) is 0 Å². The number of nitrogens with one attached hydrogen (secondary N) is 2. The van der Waals surface area contributed by atoms with E-state index in [-0.39, 0.29) is 16.5 Å². The lowest BCUT2D eigenvalue weighted by Gasteiger charge is -2.10. The standard InChI is InChI=1S/C18H13F3N2O3/c1-26-12-5-2-10(3-6-12)15-9-16(24)13-8-11(4-7-14(13)23-15)22-17(25)18(19,20)21/h2-9H,1H3,(H,22,25)(H,23,24). The van der Waals surface area contributed by atoms with Gasteiger partial charge in [0.1, 0.15) is 5.75 Å². The van der Waals surface area contributed by atoms with Crippen molar-refractivity contribution in [2.75, 3.05) is 12.4 Å². The number of methoxy groups -OCH3 is 1. The summed E-state index contributed by atoms with van der Waals surface area (Å²) in [7, 11) is 1.54. The van der Waals surface area contributed by atoms with Gasteiger partial charge in [0, 0.05) is 28.4 Å². The van der Waals surface area contributed by atoms with Gasteiger partial charge in [-0.2, -0.15) is 13.2 Å². The average Bonchev–Trinajstić information content (AvgIpc) is 2.61. The summed E-state index contributed by atoms with van der Waals surface area (Å²) in [5, 5.41) is 1.90. The normalized spacial score (nSPS) is 11.4. The van der Waals surface area contributed by atoms with Crippen LogP contribution in [0.15, 0.2) is 53.3 Å². The molecule has 0 aliphatic rings. The third-order valence-electron chi connectivity index (χ3n) is 3.75. The summed E-state index contributed by atoms with van der Waals surface area (Å²) in [5.74, 6) is -1.43. The number of aromatic nitrogens is 1. The maximum atomic E-state index is 12.4. The van der Waals surface area contributed by atoms with Crippen molar-refractivity contribution in [3.63, 3.8) is 0 Å². The molecule has 1 heterocycles. The molecule has 2 N–H and O–H groups in total. The van der Waals surface area contributed by atoms with Crippen molar-refractivity contribution in [2.24, 2.45) is 0 Å². The van der Waals surface area contributed by atoms with Crippen molar-refractivity contribution >= 4 is 22.5 Å². The molecule has 0 atom stereocenters. The summed E-state index contributed by atoms with van der Waals surface area (Å²) in [5.41, 5.74) is 1.25. The summed E-state index contributed by atoms with van der Waals surface area (Å²) >= 11 is 0. The second-order valence-electron chi connectivity index (χ2n) is 5.49. The van der Waals surface area contributed by atoms with Gasteiger partial charge in [-0.25, -0.2) is 0 Å². The van der Waals surface area contributed by atoms with Crippen molar-refractivity contribution < 1.29 is 22.7 Å². The number of hydrogen-bond donors (Lipinski definition) is 2. The predicted octanol–water partition coefficient (Wildman–Crippen LogP) is 3.70. The van der Waals surface area contributed by atoms with Crippen LogP contribution in [0.25, 0.3) is 22.2 Å². The van der Waals surface area contributed by atoms with E-state index in [2.05, 4.69) is 4.98 Å². The molecule has 0 aliphatic carbocycles. The number of halogens is 3. The first kappa shape index (κ1) is 17.5. The van der Waals surface area contributed by atoms with Crippen molar-refractivity contribution in [3.8, 4) is 17.0 Å². The van der Waals surface area contributed by atoms with E-state index in [1.165, 1.54) is 24.3 Å². The van der Waals surface area contributed by atoms with E-state index in [0.29, 0.717) is 17.0 Å². The van der Waals surface area contributed by atoms with Crippen LogP contribution in [0.4, 0.5) is 18.9 Å². The van der Waals surface area contributed by atoms with E-state index in [0.717, 1.165) is 5.56 Å². The number of amides is 1. The zero-order valence-electron chi connectivity index (χ0n) is 13.5. The number of carbonyl (C=O) groups is 1. The van der Waals surface area contributed by atoms with Crippen LogP contribution in [0.2, 0.25) is 0 Å². The van der Waals surface area contributed by atoms with Crippen LogP contribution in [0.5, 0.6) is 5.75 Å². The molecule has 0 aliphatic heterocycles. The summed E-state index contributed by atoms with van der Waals surface area (Å²) < 4.78 is 42.1. The van der Waals surface area contributed by atoms with Gasteiger partial charge < -0.3 is 15.0 Å². The first-order chi connectivity index (χ1) is 12.3. The first-order valence-corrected chi connectivity index (χ1v) is 7.47. The lowest BCUT2D eigenvalue weighted by atomic mass is 10.1. The van der Waals surface area contributed by atoms with Gasteiger partial charge in [-0.05, 0) is 48.0 Å². The minimum atomic E-state index is -5.00. The van der Waals surface area contributed by atoms with Gasteiger partial charge in [-0.15, -0.1) is 0 Å². The van der Waals surface area contributed by atoms with Crippen LogP contribution in [0.1, 0.15) is 0 Å². The number of fused-ring (bicyclic) bond motifs is 1. The molecule has 2 aromatic carbocycles. The van der Waals surface area contributed by atoms with Gasteiger partial charge in [0.15, 0.2) is 5.43 Å². The number of hydrogen-bond acceptors (Lipinski definition) is 3. The van der Waals surface area contributed by atoms with Gasteiger partial charge in [0.05, 0.1) is 7.11 Å². The van der Waals surface area contributed by atoms with Crippen LogP contribution in [-0.4, -0.2) is 24.2 Å². The van der Waals surface area contributed by atoms with Crippen LogP contribution >= 0.6 is 0 Å². The number of H-pyrrole nitrogens is 1. The molecule has 0 fully saturated rings. The van der Waals surface area contributed by atoms with E-state index in [1.54, 1.807) is 36.7 Å². The number of carbonyl (C=O) groups excluding carboxylic acids is 1. The fourth-order valence-corrected chi connectivity index (χ4v) is 2.45. The predicted molar refractivity (Wildman–Crippen MR) is 91.2 cm³/mol. The molecule has 0 saturated carbocycles. The quantitative estimate of drug-likeness (QED) is 0.746. The largest absolute Gasteiger partial charge is 0.497 e. The zero-order valence-corrected chi connectivity index (χ0v) is 13.5. The highest BCUT2D eigenvalue weighted by Crippen LogP contribution is 2.24. The second kappa shape index (κ2) is 6.55. The molecule has 0 saturated heterocycles. The molecule has 26 heavy (non-hydrogen) atoms. The van der Waals surface area contributed by atoms with E-state index in [1.807, 2.05) is 0 Å². The van der Waals surface area contributed by atoms with E-state index in [4.69, 9.17) is 4.74 Å². The van der Waals surface area contributed by atoms with Crippen LogP contribution < -0.4 is 15.5 Å². The number of pyridine rings is 1. The number of alkyl halides is 3. The summed E-state index contributed by atoms with van der Waals surface area (Å²) in [4.78, 5) is 26.4. The Labute approximate surface area is 145 Å². The van der Waals surface area contributed by atoms with Crippen molar-refractivity contribution in [1.29, 1.82) is 0 Å². The Hall–Kier alpha value is -3.29. The number of ether oxygens (including phenoxy) is 1. The molecule has 3 aromatic rings. The maximum absolute atomic E-state index is 12.4. The number of benzene rings is 2. The van der Waals surface area contributed by atoms with Crippen molar-refractivity contribution in [2.45, 2.75) is 6.18 Å². The first-order valence-electron chi connectivity index (χ1n) is 7.47. The van der Waals surface area contributed by atoms with E-state index < -0.39 is 12.1 Å². The maximum Gasteiger partial charge on any atom is 0.471 e. The minimum Gasteiger partial charge on any atom is -0.497 e. The monoisotopic (exact) mass is 362 g/mol. The Kier molecular flexibility index (Phi) is 4.41. The smallest absolute Gasteiger partial charge is 0.471 e. The lowest BCUT2D eigenvalue weighted by Crippen LogP contribution is -2.29. The van der Waals surface area contributed by atoms with E-state index in [9.17, 15) is 22.8 Å². The molecule has 1 amide bonds. The Morgan fingerprint density at radius 2 is 1.77 bits per heavy atom. The Morgan fingerprint density at radius 3 is 2.38 bits per heavy atom. The lowest BCUT2D eigenvalue weighted by molar-refractivity contribution is -0.167. The molecule has 5 nitrogen and oxygen atoms in total. The van der Waals surface area contributed by atoms with Crippen LogP contribution in [0.3, 0.4) is 0 Å². The molecule has 8 heteroatoms. The fourth-order valence-electron chi connectivity index (χ4n) is 2.45. The molecule has 1 aromatic heterocycles. The summed E-state index contributed by atoms with van der Waals surface area (Å²) in [6, 6.07) is 12.3. The molecule has 0 spiro atoms. The highest BCUT2D eigenvalue weighted by atomic mass is 19.4. The van der Waals surface area contributed by atoms with Gasteiger partial charge in [-0.1, -0.05) is 0 Å². The molecule has 134 valence electrons. The molecule has 0 unspecified atom stereocenters. The van der Waals surface area contributed by atoms with Gasteiger partial charge >= 0.3 is 12.1 Å². The van der Waals surface area contributed by atoms with Crippen LogP contribution in [0, 0.1) is 0 Å². The minimum absolute atomic E-state index is 0.109. The summed E-state index contributed by atoms with van der Waals surface area (Å²) in [6.07, 6.45) is -5.00. The van der Waals surface area contributed by atoms with Gasteiger partial charge in [-0.3, -0.25) is 9.59 Å². The summed E-state index contributed by atoms with van der Waals surface area (Å²) in [6.45, 7) is 0. The van der Waals surface area contributed by atoms with Crippen molar-refractivity contribution in [1.82, 2.24) is 4.98 Å². The van der Waals surface area contributed by atoms with Gasteiger partial charge in [0.2, 0.25) is 0 Å². The number of rotatable bonds is 3. The number of anilines is 1.